The van der Waals surface area contributed by atoms with Crippen LogP contribution in [0.2, 0.25) is 0 Å². The van der Waals surface area contributed by atoms with Gasteiger partial charge in [0, 0.05) is 26.6 Å². The fourth-order valence-corrected chi connectivity index (χ4v) is 14.9. The number of ether oxygens (including phenoxy) is 20. The van der Waals surface area contributed by atoms with Crippen LogP contribution in [0.25, 0.3) is 0 Å². The van der Waals surface area contributed by atoms with Crippen molar-refractivity contribution in [3.05, 3.63) is 0 Å². The number of nitrogens with one attached hydrogen (secondary N) is 2. The van der Waals surface area contributed by atoms with E-state index >= 15 is 0 Å². The Morgan fingerprint density at radius 3 is 1.27 bits per heavy atom. The second kappa shape index (κ2) is 70.6. The first-order valence-electron chi connectivity index (χ1n) is 45.8. The number of alkyl carbamates (subject to hydrolysis) is 1. The molecule has 0 aromatic carbocycles. The van der Waals surface area contributed by atoms with Crippen molar-refractivity contribution in [3.63, 3.8) is 0 Å². The van der Waals surface area contributed by atoms with E-state index in [2.05, 4.69) is 24.5 Å². The third-order valence-electron chi connectivity index (χ3n) is 21.8. The van der Waals surface area contributed by atoms with E-state index in [1.807, 2.05) is 0 Å². The number of carboxylic acids is 1. The van der Waals surface area contributed by atoms with Gasteiger partial charge in [-0.3, -0.25) is 4.79 Å². The predicted octanol–water partition coefficient (Wildman–Crippen LogP) is 5.27. The van der Waals surface area contributed by atoms with Crippen LogP contribution >= 0.6 is 34.8 Å². The van der Waals surface area contributed by atoms with Crippen LogP contribution in [0.3, 0.4) is 0 Å². The molecule has 40 heteroatoms. The smallest absolute Gasteiger partial charge is 0.407 e. The number of unbranched alkanes of at least 4 members (excludes halogenated alkanes) is 26. The van der Waals surface area contributed by atoms with Gasteiger partial charge in [-0.1, -0.05) is 216 Å². The maximum absolute atomic E-state index is 13.6. The van der Waals surface area contributed by atoms with Crippen LogP contribution in [-0.4, -0.2) is 389 Å². The monoisotopic (exact) mass is 1870 g/mol. The number of halogens is 3. The van der Waals surface area contributed by atoms with Crippen molar-refractivity contribution in [1.82, 2.24) is 10.6 Å². The van der Waals surface area contributed by atoms with Crippen LogP contribution < -0.4 is 10.6 Å². The average molecular weight is 1870 g/mol. The number of hydrogen-bond acceptors (Lipinski definition) is 34. The molecule has 738 valence electrons. The lowest BCUT2D eigenvalue weighted by atomic mass is 9.88. The van der Waals surface area contributed by atoms with Gasteiger partial charge in [0.15, 0.2) is 18.9 Å². The van der Waals surface area contributed by atoms with Crippen molar-refractivity contribution in [1.29, 1.82) is 0 Å². The molecule has 4 fully saturated rings. The Morgan fingerprint density at radius 2 is 0.848 bits per heavy atom. The molecule has 37 nitrogen and oxygen atoms in total. The van der Waals surface area contributed by atoms with Crippen molar-refractivity contribution in [2.75, 3.05) is 172 Å². The SMILES string of the molecule is CCCCCCCCCCCCCCCCOCC(COCCOCCOCCOCCOCCOCCOCCOCCOCCO[C@@H]1O[C@H](CO)[C@@H](O[C@@H]2O[C@H](CO)[C@H](O)[C@H](O[C@]3(C(=O)O)C[C@H](O)[C@@H](NC(C)=O)[C@H]([C@H](O)[C@H](O)CO)O3)[C@H]2O)[C@H](O[C@@H]2O[C@@H](C)[C@@H](O)[C@@H](O)[C@@H]2O)[C@H]1NC(=O)OCC(Cl)(Cl)Cl)OCCCCCCCCCCCCCCCC. The summed E-state index contributed by atoms with van der Waals surface area (Å²) in [5.74, 6) is -6.08. The van der Waals surface area contributed by atoms with Gasteiger partial charge >= 0.3 is 12.1 Å². The van der Waals surface area contributed by atoms with Gasteiger partial charge in [-0.05, 0) is 19.8 Å². The third-order valence-corrected chi connectivity index (χ3v) is 22.1. The Hall–Kier alpha value is -2.12. The highest BCUT2D eigenvalue weighted by Gasteiger charge is 2.61. The van der Waals surface area contributed by atoms with Gasteiger partial charge in [-0.2, -0.15) is 0 Å². The quantitative estimate of drug-likeness (QED) is 0.0272. The molecule has 0 radical (unpaired) electrons. The highest BCUT2D eigenvalue weighted by atomic mass is 35.6. The molecule has 0 bridgehead atoms. The highest BCUT2D eigenvalue weighted by Crippen LogP contribution is 2.40. The van der Waals surface area contributed by atoms with E-state index in [4.69, 9.17) is 130 Å². The fourth-order valence-electron chi connectivity index (χ4n) is 14.7. The Morgan fingerprint density at radius 1 is 0.448 bits per heavy atom. The van der Waals surface area contributed by atoms with Crippen molar-refractivity contribution >= 4 is 52.8 Å². The molecule has 4 aliphatic rings. The maximum Gasteiger partial charge on any atom is 0.407 e. The lowest BCUT2D eigenvalue weighted by Gasteiger charge is -2.51. The molecule has 0 aromatic heterocycles. The summed E-state index contributed by atoms with van der Waals surface area (Å²) < 4.78 is 114. The predicted molar refractivity (Wildman–Crippen MR) is 456 cm³/mol. The summed E-state index contributed by atoms with van der Waals surface area (Å²) in [4.78, 5) is 39.1. The zero-order valence-corrected chi connectivity index (χ0v) is 76.7. The summed E-state index contributed by atoms with van der Waals surface area (Å²) in [6.45, 7) is 9.98. The van der Waals surface area contributed by atoms with E-state index in [1.165, 1.54) is 174 Å². The molecule has 0 aromatic rings. The number of rotatable bonds is 78. The minimum atomic E-state index is -3.20. The summed E-state index contributed by atoms with van der Waals surface area (Å²) in [5.41, 5.74) is 0. The first-order valence-corrected chi connectivity index (χ1v) is 46.9. The number of amides is 2. The van der Waals surface area contributed by atoms with E-state index in [0.29, 0.717) is 92.5 Å². The molecule has 2 amide bonds. The van der Waals surface area contributed by atoms with Gasteiger partial charge in [-0.25, -0.2) is 9.59 Å². The highest BCUT2D eigenvalue weighted by molar-refractivity contribution is 6.67. The Labute approximate surface area is 754 Å². The number of hydrogen-bond donors (Lipinski definition) is 14. The minimum absolute atomic E-state index is 0.0392. The Kier molecular flexibility index (Phi) is 65.0. The Balaban J connectivity index is 1.13. The molecular weight excluding hydrogens is 1720 g/mol. The van der Waals surface area contributed by atoms with Crippen LogP contribution in [0.5, 0.6) is 0 Å². The van der Waals surface area contributed by atoms with Crippen LogP contribution in [0.1, 0.15) is 214 Å². The summed E-state index contributed by atoms with van der Waals surface area (Å²) in [6.07, 6.45) is -1.13. The third kappa shape index (κ3) is 48.6. The second-order valence-electron chi connectivity index (χ2n) is 32.2. The van der Waals surface area contributed by atoms with Crippen LogP contribution in [0.15, 0.2) is 0 Å². The number of alkyl halides is 3. The molecule has 1 unspecified atom stereocenters. The van der Waals surface area contributed by atoms with E-state index in [1.54, 1.807) is 0 Å². The van der Waals surface area contributed by atoms with Gasteiger partial charge in [0.1, 0.15) is 98.1 Å². The number of carbonyl (C=O) groups excluding carboxylic acids is 2. The zero-order valence-electron chi connectivity index (χ0n) is 74.4. The number of aliphatic hydroxyl groups is 11. The standard InChI is InChI=1S/C85H157Cl3N2O35/c1-5-7-9-11-13-15-17-19-21-23-25-27-29-31-33-114-57-62(116-34-32-30-28-26-24-22-20-18-16-14-12-10-8-6-2)58-115-50-49-112-46-45-110-42-41-108-38-37-106-35-36-107-39-40-109-43-44-111-47-48-113-51-52-117-79-68(90-83(105)118-59-85(86,87)88)77(123-80-73(101)72(100)69(97)60(3)119-80)75(66(56-93)121-79)122-81-74(102)78(71(99)65(55-92)120-81)125-84(82(103)104)53-63(95)67(89-61(4)94)76(124-84)70(98)64(96)54-91/h60,62-81,91-93,95-102H,5-59H2,1-4H3,(H,89,94)(H,90,105)(H,103,104)/t60-,62?,63-,64+,65+,66+,67+,68+,69+,70+,71-,72+,73-,74+,75+,76+,77+,78-,79+,80-,81-,84-/m0/s1. The van der Waals surface area contributed by atoms with E-state index in [0.717, 1.165) is 33.0 Å². The first kappa shape index (κ1) is 115. The molecule has 4 rings (SSSR count). The van der Waals surface area contributed by atoms with Crippen LogP contribution in [0.4, 0.5) is 4.79 Å². The average Bonchev–Trinajstić information content (AvgIpc) is 0.753. The second-order valence-corrected chi connectivity index (χ2v) is 34.8. The first-order chi connectivity index (χ1) is 60.4. The largest absolute Gasteiger partial charge is 0.477 e. The molecule has 4 aliphatic heterocycles. The molecule has 0 spiro atoms. The molecule has 125 heavy (non-hydrogen) atoms. The Bertz CT molecular complexity index is 2640. The summed E-state index contributed by atoms with van der Waals surface area (Å²) in [6, 6.07) is -3.44. The van der Waals surface area contributed by atoms with Crippen molar-refractivity contribution in [3.8, 4) is 0 Å². The number of carbonyl (C=O) groups is 3. The normalized spacial score (nSPS) is 27.5. The molecule has 4 heterocycles. The number of aliphatic hydroxyl groups excluding tert-OH is 11. The summed E-state index contributed by atoms with van der Waals surface area (Å²) in [5, 5.41) is 136. The van der Waals surface area contributed by atoms with Gasteiger partial charge in [-0.15, -0.1) is 0 Å². The molecular formula is C85H157Cl3N2O35. The van der Waals surface area contributed by atoms with E-state index < -0.39 is 183 Å². The lowest BCUT2D eigenvalue weighted by molar-refractivity contribution is -0.391. The maximum atomic E-state index is 13.6. The summed E-state index contributed by atoms with van der Waals surface area (Å²) in [7, 11) is 0. The minimum Gasteiger partial charge on any atom is -0.477 e. The van der Waals surface area contributed by atoms with Crippen molar-refractivity contribution < 1.29 is 170 Å². The molecule has 22 atom stereocenters. The molecule has 0 aliphatic carbocycles. The van der Waals surface area contributed by atoms with Gasteiger partial charge in [0.05, 0.1) is 170 Å². The van der Waals surface area contributed by atoms with Crippen LogP contribution in [-0.2, 0) is 104 Å². The van der Waals surface area contributed by atoms with E-state index in [-0.39, 0.29) is 45.7 Å². The molecule has 14 N–H and O–H groups in total. The van der Waals surface area contributed by atoms with Gasteiger partial charge in [0.25, 0.3) is 5.79 Å². The zero-order chi connectivity index (χ0) is 91.3. The number of aliphatic carboxylic acids is 1. The summed E-state index contributed by atoms with van der Waals surface area (Å²) >= 11 is 17.7. The van der Waals surface area contributed by atoms with Crippen molar-refractivity contribution in [2.45, 2.75) is 352 Å². The lowest BCUT2D eigenvalue weighted by Crippen LogP contribution is -2.71. The number of carboxylic acid groups (broad SMARTS) is 1. The molecule has 4 saturated heterocycles. The fraction of sp³-hybridized carbons (Fsp3) is 0.965. The topological polar surface area (TPSA) is 503 Å². The van der Waals surface area contributed by atoms with Crippen LogP contribution in [0, 0.1) is 0 Å². The van der Waals surface area contributed by atoms with Gasteiger partial charge in [0.2, 0.25) is 9.70 Å². The van der Waals surface area contributed by atoms with Crippen molar-refractivity contribution in [2.24, 2.45) is 0 Å². The van der Waals surface area contributed by atoms with E-state index in [9.17, 15) is 75.7 Å². The van der Waals surface area contributed by atoms with Gasteiger partial charge < -0.3 is 167 Å². The molecule has 0 saturated carbocycles.